The van der Waals surface area contributed by atoms with Gasteiger partial charge in [-0.1, -0.05) is 0 Å². The van der Waals surface area contributed by atoms with E-state index in [0.29, 0.717) is 17.9 Å². The molecular formula is C15H14IN3O2. The van der Waals surface area contributed by atoms with Crippen LogP contribution in [-0.2, 0) is 4.74 Å². The summed E-state index contributed by atoms with van der Waals surface area (Å²) in [4.78, 5) is 19.1. The largest absolute Gasteiger partial charge is 0.461 e. The lowest BCUT2D eigenvalue weighted by Crippen LogP contribution is -2.06. The van der Waals surface area contributed by atoms with Gasteiger partial charge in [0.25, 0.3) is 0 Å². The van der Waals surface area contributed by atoms with Crippen LogP contribution in [0.4, 0.5) is 0 Å². The van der Waals surface area contributed by atoms with Crippen molar-refractivity contribution in [2.24, 2.45) is 0 Å². The van der Waals surface area contributed by atoms with Crippen LogP contribution in [0.15, 0.2) is 12.3 Å². The van der Waals surface area contributed by atoms with Gasteiger partial charge >= 0.3 is 5.97 Å². The SMILES string of the molecule is CCOC(=O)c1[nH]c(C)c(-c2cc(I)ncc2C#N)c1C. The number of aromatic nitrogens is 2. The van der Waals surface area contributed by atoms with Crippen molar-refractivity contribution < 1.29 is 9.53 Å². The number of hydrogen-bond donors (Lipinski definition) is 1. The number of halogens is 1. The predicted octanol–water partition coefficient (Wildman–Crippen LogP) is 3.35. The number of carbonyl (C=O) groups is 1. The molecule has 0 atom stereocenters. The minimum atomic E-state index is -0.383. The molecule has 5 nitrogen and oxygen atoms in total. The van der Waals surface area contributed by atoms with Crippen LogP contribution in [0.3, 0.4) is 0 Å². The fraction of sp³-hybridized carbons (Fsp3) is 0.267. The Bertz CT molecular complexity index is 744. The Labute approximate surface area is 136 Å². The summed E-state index contributed by atoms with van der Waals surface area (Å²) in [5.41, 5.74) is 4.16. The summed E-state index contributed by atoms with van der Waals surface area (Å²) < 4.78 is 5.84. The van der Waals surface area contributed by atoms with Crippen LogP contribution in [0.5, 0.6) is 0 Å². The van der Waals surface area contributed by atoms with Gasteiger partial charge in [-0.15, -0.1) is 0 Å². The quantitative estimate of drug-likeness (QED) is 0.491. The van der Waals surface area contributed by atoms with E-state index in [0.717, 1.165) is 26.1 Å². The normalized spacial score (nSPS) is 10.2. The number of rotatable bonds is 3. The van der Waals surface area contributed by atoms with Gasteiger partial charge in [0.05, 0.1) is 12.2 Å². The van der Waals surface area contributed by atoms with Gasteiger partial charge in [-0.05, 0) is 55.0 Å². The summed E-state index contributed by atoms with van der Waals surface area (Å²) in [5, 5.41) is 9.26. The van der Waals surface area contributed by atoms with Gasteiger partial charge in [0.2, 0.25) is 0 Å². The van der Waals surface area contributed by atoms with Crippen molar-refractivity contribution in [2.75, 3.05) is 6.61 Å². The molecule has 0 saturated heterocycles. The van der Waals surface area contributed by atoms with Crippen molar-refractivity contribution in [1.82, 2.24) is 9.97 Å². The van der Waals surface area contributed by atoms with E-state index in [1.54, 1.807) is 13.1 Å². The molecule has 0 fully saturated rings. The Hall–Kier alpha value is -1.88. The van der Waals surface area contributed by atoms with Crippen molar-refractivity contribution in [1.29, 1.82) is 5.26 Å². The Balaban J connectivity index is 2.64. The molecule has 0 unspecified atom stereocenters. The highest BCUT2D eigenvalue weighted by atomic mass is 127. The van der Waals surface area contributed by atoms with Crippen molar-refractivity contribution in [2.45, 2.75) is 20.8 Å². The fourth-order valence-electron chi connectivity index (χ4n) is 2.29. The van der Waals surface area contributed by atoms with Gasteiger partial charge in [0, 0.05) is 23.0 Å². The summed E-state index contributed by atoms with van der Waals surface area (Å²) in [6.07, 6.45) is 1.55. The molecule has 2 aromatic rings. The molecule has 1 N–H and O–H groups in total. The highest BCUT2D eigenvalue weighted by Gasteiger charge is 2.21. The zero-order valence-electron chi connectivity index (χ0n) is 12.0. The number of nitrogens with zero attached hydrogens (tertiary/aromatic N) is 2. The van der Waals surface area contributed by atoms with Crippen molar-refractivity contribution in [3.8, 4) is 17.2 Å². The van der Waals surface area contributed by atoms with Crippen LogP contribution in [0, 0.1) is 28.9 Å². The number of aryl methyl sites for hydroxylation is 1. The van der Waals surface area contributed by atoms with Gasteiger partial charge in [-0.2, -0.15) is 5.26 Å². The number of nitrogens with one attached hydrogen (secondary N) is 1. The van der Waals surface area contributed by atoms with Crippen LogP contribution in [0.2, 0.25) is 0 Å². The van der Waals surface area contributed by atoms with E-state index in [4.69, 9.17) is 4.74 Å². The lowest BCUT2D eigenvalue weighted by molar-refractivity contribution is 0.0519. The number of carbonyl (C=O) groups excluding carboxylic acids is 1. The van der Waals surface area contributed by atoms with Crippen LogP contribution in [-0.4, -0.2) is 22.5 Å². The lowest BCUT2D eigenvalue weighted by Gasteiger charge is -2.06. The molecule has 0 saturated carbocycles. The van der Waals surface area contributed by atoms with Gasteiger partial charge in [0.1, 0.15) is 15.5 Å². The molecule has 0 aliphatic rings. The van der Waals surface area contributed by atoms with E-state index in [9.17, 15) is 10.1 Å². The molecule has 0 amide bonds. The molecule has 0 radical (unpaired) electrons. The number of esters is 1. The smallest absolute Gasteiger partial charge is 0.355 e. The third kappa shape index (κ3) is 2.93. The first-order valence-corrected chi connectivity index (χ1v) is 7.49. The van der Waals surface area contributed by atoms with Gasteiger partial charge in [-0.3, -0.25) is 0 Å². The van der Waals surface area contributed by atoms with E-state index in [2.05, 4.69) is 38.6 Å². The van der Waals surface area contributed by atoms with Crippen LogP contribution < -0.4 is 0 Å². The Morgan fingerprint density at radius 2 is 2.24 bits per heavy atom. The number of nitriles is 1. The summed E-state index contributed by atoms with van der Waals surface area (Å²) in [6, 6.07) is 3.99. The number of pyridine rings is 1. The zero-order valence-corrected chi connectivity index (χ0v) is 14.1. The molecule has 0 spiro atoms. The number of aromatic amines is 1. The molecule has 2 rings (SSSR count). The molecule has 2 heterocycles. The molecule has 0 aliphatic carbocycles. The second-order valence-corrected chi connectivity index (χ2v) is 5.62. The standard InChI is InChI=1S/C15H14IN3O2/c1-4-21-15(20)14-8(2)13(9(3)19-14)11-5-12(16)18-7-10(11)6-17/h5,7,19H,4H2,1-3H3. The third-order valence-electron chi connectivity index (χ3n) is 3.18. The Morgan fingerprint density at radius 1 is 1.52 bits per heavy atom. The molecule has 2 aromatic heterocycles. The summed E-state index contributed by atoms with van der Waals surface area (Å²) in [5.74, 6) is -0.383. The van der Waals surface area contributed by atoms with E-state index >= 15 is 0 Å². The highest BCUT2D eigenvalue weighted by molar-refractivity contribution is 14.1. The van der Waals surface area contributed by atoms with E-state index < -0.39 is 0 Å². The first-order valence-electron chi connectivity index (χ1n) is 6.41. The van der Waals surface area contributed by atoms with Crippen molar-refractivity contribution in [3.63, 3.8) is 0 Å². The molecule has 6 heteroatoms. The van der Waals surface area contributed by atoms with Crippen molar-refractivity contribution >= 4 is 28.6 Å². The molecule has 0 aliphatic heterocycles. The highest BCUT2D eigenvalue weighted by Crippen LogP contribution is 2.32. The molecule has 0 bridgehead atoms. The lowest BCUT2D eigenvalue weighted by atomic mass is 9.98. The van der Waals surface area contributed by atoms with Gasteiger partial charge in [-0.25, -0.2) is 9.78 Å². The average Bonchev–Trinajstić information content (AvgIpc) is 2.74. The maximum absolute atomic E-state index is 12.0. The Kier molecular flexibility index (Phi) is 4.63. The fourth-order valence-corrected chi connectivity index (χ4v) is 2.74. The van der Waals surface area contributed by atoms with E-state index in [1.165, 1.54) is 0 Å². The molecule has 0 aromatic carbocycles. The monoisotopic (exact) mass is 395 g/mol. The molecule has 21 heavy (non-hydrogen) atoms. The first-order chi connectivity index (χ1) is 9.99. The van der Waals surface area contributed by atoms with Crippen LogP contribution in [0.25, 0.3) is 11.1 Å². The van der Waals surface area contributed by atoms with Gasteiger partial charge in [0.15, 0.2) is 0 Å². The minimum absolute atomic E-state index is 0.322. The average molecular weight is 395 g/mol. The van der Waals surface area contributed by atoms with Gasteiger partial charge < -0.3 is 9.72 Å². The summed E-state index contributed by atoms with van der Waals surface area (Å²) in [7, 11) is 0. The first kappa shape index (κ1) is 15.5. The number of hydrogen-bond acceptors (Lipinski definition) is 4. The van der Waals surface area contributed by atoms with E-state index in [-0.39, 0.29) is 5.97 Å². The van der Waals surface area contributed by atoms with Crippen LogP contribution in [0.1, 0.15) is 34.2 Å². The minimum Gasteiger partial charge on any atom is -0.461 e. The summed E-state index contributed by atoms with van der Waals surface area (Å²) in [6.45, 7) is 5.81. The topological polar surface area (TPSA) is 78.8 Å². The summed E-state index contributed by atoms with van der Waals surface area (Å²) >= 11 is 2.10. The maximum Gasteiger partial charge on any atom is 0.355 e. The Morgan fingerprint density at radius 3 is 2.86 bits per heavy atom. The maximum atomic E-state index is 12.0. The zero-order chi connectivity index (χ0) is 15.6. The molecule has 108 valence electrons. The van der Waals surface area contributed by atoms with E-state index in [1.807, 2.05) is 19.9 Å². The predicted molar refractivity (Wildman–Crippen MR) is 86.9 cm³/mol. The third-order valence-corrected chi connectivity index (χ3v) is 3.77. The number of H-pyrrole nitrogens is 1. The second-order valence-electron chi connectivity index (χ2n) is 4.51. The number of ether oxygens (including phenoxy) is 1. The van der Waals surface area contributed by atoms with Crippen LogP contribution >= 0.6 is 22.6 Å². The second kappa shape index (κ2) is 6.26. The molecular weight excluding hydrogens is 381 g/mol. The van der Waals surface area contributed by atoms with Crippen molar-refractivity contribution in [3.05, 3.63) is 38.5 Å².